The summed E-state index contributed by atoms with van der Waals surface area (Å²) in [4.78, 5) is 17.1. The third-order valence-electron chi connectivity index (χ3n) is 5.53. The molecule has 0 spiro atoms. The molecule has 3 heterocycles. The van der Waals surface area contributed by atoms with Gasteiger partial charge in [-0.15, -0.1) is 0 Å². The number of hydrogen-bond donors (Lipinski definition) is 0. The van der Waals surface area contributed by atoms with Crippen LogP contribution < -0.4 is 4.74 Å². The zero-order chi connectivity index (χ0) is 17.6. The maximum absolute atomic E-state index is 12.9. The van der Waals surface area contributed by atoms with Crippen LogP contribution in [0.4, 0.5) is 0 Å². The van der Waals surface area contributed by atoms with Gasteiger partial charge >= 0.3 is 0 Å². The number of fused-ring (bicyclic) bond motifs is 1. The first kappa shape index (κ1) is 16.1. The van der Waals surface area contributed by atoms with Gasteiger partial charge in [0.1, 0.15) is 5.75 Å². The number of para-hydroxylation sites is 1. The second-order valence-corrected chi connectivity index (χ2v) is 7.51. The summed E-state index contributed by atoms with van der Waals surface area (Å²) in [6.07, 6.45) is 0. The van der Waals surface area contributed by atoms with Crippen molar-refractivity contribution in [3.63, 3.8) is 0 Å². The van der Waals surface area contributed by atoms with Gasteiger partial charge in [0.15, 0.2) is 11.5 Å². The summed E-state index contributed by atoms with van der Waals surface area (Å²) >= 11 is 0. The molecule has 2 atom stereocenters. The predicted molar refractivity (Wildman–Crippen MR) is 93.5 cm³/mol. The van der Waals surface area contributed by atoms with Crippen LogP contribution in [0.3, 0.4) is 0 Å². The van der Waals surface area contributed by atoms with Gasteiger partial charge in [-0.2, -0.15) is 0 Å². The van der Waals surface area contributed by atoms with Crippen LogP contribution in [0.25, 0.3) is 11.3 Å². The highest BCUT2D eigenvalue weighted by molar-refractivity contribution is 5.93. The molecule has 1 amide bonds. The molecule has 2 aliphatic rings. The monoisotopic (exact) mass is 341 g/mol. The van der Waals surface area contributed by atoms with Crippen LogP contribution in [0.15, 0.2) is 34.9 Å². The van der Waals surface area contributed by atoms with Crippen molar-refractivity contribution in [2.75, 3.05) is 40.3 Å². The first-order valence-corrected chi connectivity index (χ1v) is 8.58. The van der Waals surface area contributed by atoms with E-state index in [-0.39, 0.29) is 11.3 Å². The molecule has 1 aromatic heterocycles. The Labute approximate surface area is 147 Å². The summed E-state index contributed by atoms with van der Waals surface area (Å²) in [5.41, 5.74) is 1.33. The zero-order valence-corrected chi connectivity index (χ0v) is 14.9. The molecule has 0 bridgehead atoms. The van der Waals surface area contributed by atoms with Crippen LogP contribution in [0.5, 0.6) is 5.75 Å². The number of ether oxygens (including phenoxy) is 1. The summed E-state index contributed by atoms with van der Waals surface area (Å²) < 4.78 is 10.8. The molecule has 0 aliphatic carbocycles. The highest BCUT2D eigenvalue weighted by atomic mass is 16.5. The van der Waals surface area contributed by atoms with Crippen molar-refractivity contribution in [2.24, 2.45) is 11.3 Å². The van der Waals surface area contributed by atoms with Gasteiger partial charge in [-0.25, -0.2) is 0 Å². The number of rotatable bonds is 3. The highest BCUT2D eigenvalue weighted by Crippen LogP contribution is 2.42. The molecule has 2 aliphatic heterocycles. The number of benzene rings is 1. The van der Waals surface area contributed by atoms with E-state index in [1.54, 1.807) is 13.2 Å². The Hall–Kier alpha value is -2.34. The number of aromatic nitrogens is 1. The van der Waals surface area contributed by atoms with Gasteiger partial charge in [0, 0.05) is 37.7 Å². The van der Waals surface area contributed by atoms with Gasteiger partial charge in [-0.3, -0.25) is 4.79 Å². The van der Waals surface area contributed by atoms with E-state index < -0.39 is 0 Å². The van der Waals surface area contributed by atoms with Crippen molar-refractivity contribution < 1.29 is 14.1 Å². The lowest BCUT2D eigenvalue weighted by Crippen LogP contribution is -2.34. The van der Waals surface area contributed by atoms with Crippen LogP contribution in [0.1, 0.15) is 17.4 Å². The van der Waals surface area contributed by atoms with Crippen molar-refractivity contribution in [1.29, 1.82) is 0 Å². The first-order valence-electron chi connectivity index (χ1n) is 8.58. The standard InChI is InChI=1S/C19H23N3O3/c1-19-11-21(2)9-13(19)10-22(12-19)18(23)15-8-17(25-20-15)14-6-4-5-7-16(14)24-3/h4-8,13H,9-12H2,1-3H3/t13-,19+/m0/s1. The van der Waals surface area contributed by atoms with Crippen molar-refractivity contribution in [1.82, 2.24) is 15.0 Å². The first-order chi connectivity index (χ1) is 12.0. The fourth-order valence-corrected chi connectivity index (χ4v) is 4.30. The molecule has 2 saturated heterocycles. The SMILES string of the molecule is COc1ccccc1-c1cc(C(=O)N2C[C@@H]3CN(C)C[C@]3(C)C2)no1. The van der Waals surface area contributed by atoms with Gasteiger partial charge in [0.2, 0.25) is 0 Å². The van der Waals surface area contributed by atoms with E-state index in [0.717, 1.165) is 31.7 Å². The Morgan fingerprint density at radius 3 is 2.88 bits per heavy atom. The maximum Gasteiger partial charge on any atom is 0.276 e. The number of nitrogens with zero attached hydrogens (tertiary/aromatic N) is 3. The van der Waals surface area contributed by atoms with E-state index in [0.29, 0.717) is 23.1 Å². The van der Waals surface area contributed by atoms with Gasteiger partial charge in [0.25, 0.3) is 5.91 Å². The summed E-state index contributed by atoms with van der Waals surface area (Å²) in [7, 11) is 3.76. The average molecular weight is 341 g/mol. The normalized spacial score (nSPS) is 26.0. The highest BCUT2D eigenvalue weighted by Gasteiger charge is 2.49. The zero-order valence-electron chi connectivity index (χ0n) is 14.9. The van der Waals surface area contributed by atoms with E-state index in [2.05, 4.69) is 24.0 Å². The molecule has 132 valence electrons. The smallest absolute Gasteiger partial charge is 0.276 e. The molecule has 4 rings (SSSR count). The van der Waals surface area contributed by atoms with E-state index in [1.165, 1.54) is 0 Å². The van der Waals surface area contributed by atoms with E-state index in [1.807, 2.05) is 29.2 Å². The van der Waals surface area contributed by atoms with Crippen LogP contribution in [-0.4, -0.2) is 61.2 Å². The summed E-state index contributed by atoms with van der Waals surface area (Å²) in [6.45, 7) is 5.92. The number of hydrogen-bond acceptors (Lipinski definition) is 5. The number of carbonyl (C=O) groups excluding carboxylic acids is 1. The third kappa shape index (κ3) is 2.70. The van der Waals surface area contributed by atoms with Gasteiger partial charge in [-0.1, -0.05) is 24.2 Å². The summed E-state index contributed by atoms with van der Waals surface area (Å²) in [5.74, 6) is 1.72. The molecule has 0 saturated carbocycles. The molecule has 1 aromatic carbocycles. The minimum absolute atomic E-state index is 0.0526. The van der Waals surface area contributed by atoms with E-state index >= 15 is 0 Å². The number of methoxy groups -OCH3 is 1. The van der Waals surface area contributed by atoms with Crippen molar-refractivity contribution in [2.45, 2.75) is 6.92 Å². The fraction of sp³-hybridized carbons (Fsp3) is 0.474. The third-order valence-corrected chi connectivity index (χ3v) is 5.53. The second kappa shape index (κ2) is 5.88. The fourth-order valence-electron chi connectivity index (χ4n) is 4.30. The molecule has 0 unspecified atom stereocenters. The molecule has 6 nitrogen and oxygen atoms in total. The molecule has 25 heavy (non-hydrogen) atoms. The Morgan fingerprint density at radius 2 is 2.12 bits per heavy atom. The van der Waals surface area contributed by atoms with Crippen molar-refractivity contribution in [3.8, 4) is 17.1 Å². The molecule has 0 N–H and O–H groups in total. The molecule has 2 fully saturated rings. The molecule has 0 radical (unpaired) electrons. The largest absolute Gasteiger partial charge is 0.496 e. The van der Waals surface area contributed by atoms with Crippen molar-refractivity contribution in [3.05, 3.63) is 36.0 Å². The van der Waals surface area contributed by atoms with E-state index in [4.69, 9.17) is 9.26 Å². The van der Waals surface area contributed by atoms with Gasteiger partial charge in [0.05, 0.1) is 12.7 Å². The molecule has 2 aromatic rings. The van der Waals surface area contributed by atoms with Crippen LogP contribution in [0, 0.1) is 11.3 Å². The topological polar surface area (TPSA) is 58.8 Å². The molecular weight excluding hydrogens is 318 g/mol. The number of carbonyl (C=O) groups is 1. The Bertz CT molecular complexity index is 803. The van der Waals surface area contributed by atoms with Crippen LogP contribution in [0.2, 0.25) is 0 Å². The predicted octanol–water partition coefficient (Wildman–Crippen LogP) is 2.37. The quantitative estimate of drug-likeness (QED) is 0.858. The Kier molecular flexibility index (Phi) is 3.80. The summed E-state index contributed by atoms with van der Waals surface area (Å²) in [5, 5.41) is 4.01. The maximum atomic E-state index is 12.9. The second-order valence-electron chi connectivity index (χ2n) is 7.51. The molecular formula is C19H23N3O3. The molecule has 6 heteroatoms. The number of amides is 1. The Balaban J connectivity index is 1.54. The lowest BCUT2D eigenvalue weighted by Gasteiger charge is -2.23. The van der Waals surface area contributed by atoms with Crippen molar-refractivity contribution >= 4 is 5.91 Å². The Morgan fingerprint density at radius 1 is 1.32 bits per heavy atom. The minimum Gasteiger partial charge on any atom is -0.496 e. The lowest BCUT2D eigenvalue weighted by atomic mass is 9.83. The average Bonchev–Trinajstić information content (AvgIpc) is 3.26. The number of likely N-dealkylation sites (tertiary alicyclic amines) is 2. The summed E-state index contributed by atoms with van der Waals surface area (Å²) in [6, 6.07) is 9.26. The van der Waals surface area contributed by atoms with Crippen LogP contribution >= 0.6 is 0 Å². The minimum atomic E-state index is -0.0526. The van der Waals surface area contributed by atoms with Crippen LogP contribution in [-0.2, 0) is 0 Å². The van der Waals surface area contributed by atoms with E-state index in [9.17, 15) is 4.79 Å². The van der Waals surface area contributed by atoms with Gasteiger partial charge < -0.3 is 19.1 Å². The van der Waals surface area contributed by atoms with Gasteiger partial charge in [-0.05, 0) is 25.1 Å². The lowest BCUT2D eigenvalue weighted by molar-refractivity contribution is 0.0755.